The molecule has 5 rings (SSSR count). The second kappa shape index (κ2) is 9.95. The Hall–Kier alpha value is -3.97. The second-order valence-corrected chi connectivity index (χ2v) is 9.47. The van der Waals surface area contributed by atoms with Gasteiger partial charge in [-0.2, -0.15) is 0 Å². The Morgan fingerprint density at radius 2 is 1.44 bits per heavy atom. The molecule has 3 aromatic carbocycles. The van der Waals surface area contributed by atoms with Gasteiger partial charge in [-0.15, -0.1) is 0 Å². The summed E-state index contributed by atoms with van der Waals surface area (Å²) in [5.41, 5.74) is 3.01. The third-order valence-corrected chi connectivity index (χ3v) is 7.22. The average Bonchev–Trinajstić information content (AvgIpc) is 3.15. The van der Waals surface area contributed by atoms with Crippen LogP contribution in [0.5, 0.6) is 0 Å². The lowest BCUT2D eigenvalue weighted by atomic mass is 9.95. The normalized spacial score (nSPS) is 19.0. The Morgan fingerprint density at radius 1 is 0.861 bits per heavy atom. The minimum atomic E-state index is -1.04. The average molecular weight is 484 g/mol. The fourth-order valence-corrected chi connectivity index (χ4v) is 5.33. The van der Waals surface area contributed by atoms with Gasteiger partial charge in [0.25, 0.3) is 5.91 Å². The number of hydrogen-bond donors (Lipinski definition) is 2. The third-order valence-electron chi connectivity index (χ3n) is 7.22. The monoisotopic (exact) mass is 483 g/mol. The van der Waals surface area contributed by atoms with Crippen molar-refractivity contribution in [1.29, 1.82) is 0 Å². The first kappa shape index (κ1) is 23.8. The quantitative estimate of drug-likeness (QED) is 0.561. The van der Waals surface area contributed by atoms with Crippen LogP contribution in [0.15, 0.2) is 84.9 Å². The van der Waals surface area contributed by atoms with Crippen LogP contribution in [0.25, 0.3) is 11.1 Å². The van der Waals surface area contributed by atoms with E-state index in [1.807, 2.05) is 84.9 Å². The number of carboxylic acids is 1. The standard InChI is InChI=1S/C29H29N3O4/c33-26(34)20-32-28(36)25(19-21-7-3-1-4-8-21)30-29(32)15-17-31(18-16-29)27(35)24-13-11-23(12-14-24)22-9-5-2-6-10-22/h1-14,25,30H,15-20H2,(H,33,34). The lowest BCUT2D eigenvalue weighted by Gasteiger charge is -2.44. The Bertz CT molecular complexity index is 1240. The summed E-state index contributed by atoms with van der Waals surface area (Å²) in [5, 5.41) is 12.9. The molecule has 0 aromatic heterocycles. The molecule has 7 nitrogen and oxygen atoms in total. The fourth-order valence-electron chi connectivity index (χ4n) is 5.33. The van der Waals surface area contributed by atoms with Gasteiger partial charge in [-0.25, -0.2) is 0 Å². The molecule has 3 aromatic rings. The highest BCUT2D eigenvalue weighted by molar-refractivity contribution is 5.95. The number of carbonyl (C=O) groups is 3. The third kappa shape index (κ3) is 4.75. The highest BCUT2D eigenvalue weighted by Gasteiger charge is 2.52. The van der Waals surface area contributed by atoms with Crippen LogP contribution in [0.3, 0.4) is 0 Å². The number of benzene rings is 3. The van der Waals surface area contributed by atoms with Gasteiger partial charge in [0.05, 0.1) is 11.7 Å². The van der Waals surface area contributed by atoms with E-state index in [1.54, 1.807) is 4.90 Å². The Kier molecular flexibility index (Phi) is 6.57. The smallest absolute Gasteiger partial charge is 0.323 e. The molecule has 0 saturated carbocycles. The summed E-state index contributed by atoms with van der Waals surface area (Å²) in [6.45, 7) is 0.521. The number of likely N-dealkylation sites (tertiary alicyclic amines) is 1. The van der Waals surface area contributed by atoms with Crippen molar-refractivity contribution < 1.29 is 19.5 Å². The Labute approximate surface area is 210 Å². The lowest BCUT2D eigenvalue weighted by molar-refractivity contribution is -0.147. The van der Waals surface area contributed by atoms with Gasteiger partial charge in [0.2, 0.25) is 5.91 Å². The highest BCUT2D eigenvalue weighted by Crippen LogP contribution is 2.34. The molecule has 1 unspecified atom stereocenters. The maximum Gasteiger partial charge on any atom is 0.323 e. The van der Waals surface area contributed by atoms with Crippen LogP contribution in [0.1, 0.15) is 28.8 Å². The number of nitrogens with one attached hydrogen (secondary N) is 1. The predicted octanol–water partition coefficient (Wildman–Crippen LogP) is 3.41. The van der Waals surface area contributed by atoms with Gasteiger partial charge in [0, 0.05) is 31.5 Å². The molecular formula is C29H29N3O4. The van der Waals surface area contributed by atoms with Crippen molar-refractivity contribution >= 4 is 17.8 Å². The van der Waals surface area contributed by atoms with E-state index < -0.39 is 17.7 Å². The molecule has 0 aliphatic carbocycles. The number of hydrogen-bond acceptors (Lipinski definition) is 4. The molecule has 2 saturated heterocycles. The number of aliphatic carboxylic acids is 1. The lowest BCUT2D eigenvalue weighted by Crippen LogP contribution is -2.60. The Morgan fingerprint density at radius 3 is 2.06 bits per heavy atom. The molecule has 2 fully saturated rings. The van der Waals surface area contributed by atoms with E-state index in [2.05, 4.69) is 5.32 Å². The SMILES string of the molecule is O=C(O)CN1C(=O)C(Cc2ccccc2)NC12CCN(C(=O)c1ccc(-c3ccccc3)cc1)CC2. The van der Waals surface area contributed by atoms with Crippen molar-refractivity contribution in [3.63, 3.8) is 0 Å². The van der Waals surface area contributed by atoms with Crippen molar-refractivity contribution in [2.75, 3.05) is 19.6 Å². The highest BCUT2D eigenvalue weighted by atomic mass is 16.4. The van der Waals surface area contributed by atoms with Crippen molar-refractivity contribution in [2.24, 2.45) is 0 Å². The largest absolute Gasteiger partial charge is 0.480 e. The minimum absolute atomic E-state index is 0.0561. The van der Waals surface area contributed by atoms with E-state index in [0.717, 1.165) is 16.7 Å². The van der Waals surface area contributed by atoms with Crippen LogP contribution in [0.4, 0.5) is 0 Å². The molecule has 7 heteroatoms. The van der Waals surface area contributed by atoms with E-state index in [-0.39, 0.29) is 18.4 Å². The predicted molar refractivity (Wildman–Crippen MR) is 136 cm³/mol. The summed E-state index contributed by atoms with van der Waals surface area (Å²) < 4.78 is 0. The van der Waals surface area contributed by atoms with E-state index >= 15 is 0 Å². The number of amides is 2. The van der Waals surface area contributed by atoms with Crippen LogP contribution >= 0.6 is 0 Å². The number of nitrogens with zero attached hydrogens (tertiary/aromatic N) is 2. The van der Waals surface area contributed by atoms with E-state index in [4.69, 9.17) is 0 Å². The molecule has 2 aliphatic heterocycles. The van der Waals surface area contributed by atoms with Gasteiger partial charge < -0.3 is 14.9 Å². The summed E-state index contributed by atoms with van der Waals surface area (Å²) in [4.78, 5) is 41.3. The van der Waals surface area contributed by atoms with Gasteiger partial charge in [-0.3, -0.25) is 19.7 Å². The molecule has 2 amide bonds. The van der Waals surface area contributed by atoms with Crippen molar-refractivity contribution in [1.82, 2.24) is 15.1 Å². The maximum absolute atomic E-state index is 13.2. The molecule has 36 heavy (non-hydrogen) atoms. The van der Waals surface area contributed by atoms with Crippen LogP contribution in [-0.4, -0.2) is 64.0 Å². The summed E-state index contributed by atoms with van der Waals surface area (Å²) in [7, 11) is 0. The molecule has 2 N–H and O–H groups in total. The first-order valence-electron chi connectivity index (χ1n) is 12.2. The van der Waals surface area contributed by atoms with Crippen molar-refractivity contribution in [3.8, 4) is 11.1 Å². The Balaban J connectivity index is 1.28. The number of carboxylic acid groups (broad SMARTS) is 1. The van der Waals surface area contributed by atoms with Crippen LogP contribution in [0, 0.1) is 0 Å². The van der Waals surface area contributed by atoms with Crippen LogP contribution in [-0.2, 0) is 16.0 Å². The topological polar surface area (TPSA) is 89.9 Å². The summed E-state index contributed by atoms with van der Waals surface area (Å²) in [6, 6.07) is 26.8. The first-order chi connectivity index (χ1) is 17.4. The van der Waals surface area contributed by atoms with Gasteiger partial charge in [-0.1, -0.05) is 72.8 Å². The van der Waals surface area contributed by atoms with E-state index in [1.165, 1.54) is 4.90 Å². The zero-order chi connectivity index (χ0) is 25.1. The minimum Gasteiger partial charge on any atom is -0.480 e. The second-order valence-electron chi connectivity index (χ2n) is 9.47. The van der Waals surface area contributed by atoms with Crippen LogP contribution in [0.2, 0.25) is 0 Å². The van der Waals surface area contributed by atoms with E-state index in [9.17, 15) is 19.5 Å². The molecule has 1 spiro atoms. The van der Waals surface area contributed by atoms with Crippen LogP contribution < -0.4 is 5.32 Å². The molecule has 0 bridgehead atoms. The molecule has 184 valence electrons. The summed E-state index contributed by atoms with van der Waals surface area (Å²) in [6.07, 6.45) is 1.45. The summed E-state index contributed by atoms with van der Waals surface area (Å²) >= 11 is 0. The fraction of sp³-hybridized carbons (Fsp3) is 0.276. The first-order valence-corrected chi connectivity index (χ1v) is 12.2. The van der Waals surface area contributed by atoms with Crippen molar-refractivity contribution in [3.05, 3.63) is 96.1 Å². The zero-order valence-electron chi connectivity index (χ0n) is 20.0. The molecular weight excluding hydrogens is 454 g/mol. The summed E-state index contributed by atoms with van der Waals surface area (Å²) in [5.74, 6) is -1.29. The van der Waals surface area contributed by atoms with Crippen molar-refractivity contribution in [2.45, 2.75) is 31.0 Å². The molecule has 2 aliphatic rings. The van der Waals surface area contributed by atoms with Gasteiger partial charge in [0.1, 0.15) is 6.54 Å². The van der Waals surface area contributed by atoms with Gasteiger partial charge >= 0.3 is 5.97 Å². The van der Waals surface area contributed by atoms with Gasteiger partial charge in [-0.05, 0) is 35.2 Å². The number of rotatable bonds is 6. The number of piperidine rings is 1. The molecule has 0 radical (unpaired) electrons. The molecule has 2 heterocycles. The van der Waals surface area contributed by atoms with E-state index in [0.29, 0.717) is 37.9 Å². The zero-order valence-corrected chi connectivity index (χ0v) is 20.0. The maximum atomic E-state index is 13.2. The molecule has 1 atom stereocenters. The number of carbonyl (C=O) groups excluding carboxylic acids is 2. The van der Waals surface area contributed by atoms with Gasteiger partial charge in [0.15, 0.2) is 0 Å².